The molecule has 41 heavy (non-hydrogen) atoms. The molecule has 0 spiro atoms. The molecular weight excluding hydrogens is 546 g/mol. The predicted octanol–water partition coefficient (Wildman–Crippen LogP) is 3.64. The Morgan fingerprint density at radius 1 is 1.24 bits per heavy atom. The fourth-order valence-electron chi connectivity index (χ4n) is 7.05. The number of aliphatic carboxylic acids is 1. The number of nitrogens with two attached hydrogens (primary N) is 2. The molecule has 5 N–H and O–H groups in total. The second-order valence-corrected chi connectivity index (χ2v) is 13.0. The Bertz CT molecular complexity index is 1260. The summed E-state index contributed by atoms with van der Waals surface area (Å²) in [5.74, 6) is 5.08. The van der Waals surface area contributed by atoms with E-state index < -0.39 is 23.5 Å². The number of ether oxygens (including phenoxy) is 1. The molecule has 1 aromatic rings. The SMILES string of the molecule is CC1CC(=O)N(C2c3c(OC/C(N)=C(\C4CC4)N(C)N)ccc(Cl)c3CCN2C(=O)C2CCCC[C@]2(C)C(=O)O)C1. The minimum Gasteiger partial charge on any atom is -0.487 e. The Hall–Kier alpha value is -2.98. The molecule has 4 atom stereocenters. The molecule has 0 aromatic heterocycles. The van der Waals surface area contributed by atoms with Gasteiger partial charge < -0.3 is 30.4 Å². The van der Waals surface area contributed by atoms with Gasteiger partial charge in [-0.2, -0.15) is 0 Å². The molecule has 2 aliphatic heterocycles. The molecular formula is C30H42ClN5O5. The summed E-state index contributed by atoms with van der Waals surface area (Å²) >= 11 is 6.72. The Morgan fingerprint density at radius 2 is 1.98 bits per heavy atom. The molecule has 0 radical (unpaired) electrons. The smallest absolute Gasteiger partial charge is 0.310 e. The van der Waals surface area contributed by atoms with E-state index in [-0.39, 0.29) is 24.3 Å². The number of hydrogen-bond donors (Lipinski definition) is 3. The van der Waals surface area contributed by atoms with Crippen LogP contribution in [0, 0.1) is 23.2 Å². The van der Waals surface area contributed by atoms with Gasteiger partial charge in [0.2, 0.25) is 11.8 Å². The van der Waals surface area contributed by atoms with Crippen molar-refractivity contribution in [2.45, 2.75) is 71.4 Å². The third-order valence-corrected chi connectivity index (χ3v) is 9.75. The first kappa shape index (κ1) is 29.5. The summed E-state index contributed by atoms with van der Waals surface area (Å²) in [6.07, 6.45) is 4.65. The van der Waals surface area contributed by atoms with Gasteiger partial charge in [-0.15, -0.1) is 0 Å². The first-order chi connectivity index (χ1) is 19.4. The summed E-state index contributed by atoms with van der Waals surface area (Å²) < 4.78 is 6.34. The maximum absolute atomic E-state index is 14.4. The van der Waals surface area contributed by atoms with Crippen LogP contribution >= 0.6 is 11.6 Å². The van der Waals surface area contributed by atoms with Gasteiger partial charge in [-0.25, -0.2) is 5.84 Å². The largest absolute Gasteiger partial charge is 0.487 e. The minimum atomic E-state index is -1.16. The zero-order valence-corrected chi connectivity index (χ0v) is 25.0. The first-order valence-corrected chi connectivity index (χ1v) is 15.1. The number of likely N-dealkylation sites (tertiary alicyclic amines) is 1. The van der Waals surface area contributed by atoms with E-state index >= 15 is 0 Å². The van der Waals surface area contributed by atoms with E-state index in [0.717, 1.165) is 36.9 Å². The van der Waals surface area contributed by atoms with Crippen molar-refractivity contribution in [1.29, 1.82) is 0 Å². The van der Waals surface area contributed by atoms with Crippen LogP contribution in [0.3, 0.4) is 0 Å². The van der Waals surface area contributed by atoms with Crippen molar-refractivity contribution in [2.24, 2.45) is 34.7 Å². The average Bonchev–Trinajstić information content (AvgIpc) is 3.69. The van der Waals surface area contributed by atoms with Crippen molar-refractivity contribution in [3.63, 3.8) is 0 Å². The first-order valence-electron chi connectivity index (χ1n) is 14.7. The molecule has 224 valence electrons. The molecule has 3 unspecified atom stereocenters. The Balaban J connectivity index is 1.56. The summed E-state index contributed by atoms with van der Waals surface area (Å²) in [4.78, 5) is 43.6. The Morgan fingerprint density at radius 3 is 2.59 bits per heavy atom. The number of carboxylic acid groups (broad SMARTS) is 1. The number of hydrogen-bond acceptors (Lipinski definition) is 7. The van der Waals surface area contributed by atoms with Crippen LogP contribution < -0.4 is 16.3 Å². The van der Waals surface area contributed by atoms with Crippen LogP contribution in [0.5, 0.6) is 5.75 Å². The normalized spacial score (nSPS) is 28.7. The van der Waals surface area contributed by atoms with Crippen molar-refractivity contribution in [3.8, 4) is 5.75 Å². The van der Waals surface area contributed by atoms with E-state index in [1.54, 1.807) is 40.9 Å². The Kier molecular flexibility index (Phi) is 8.18. The lowest BCUT2D eigenvalue weighted by Gasteiger charge is -2.47. The van der Waals surface area contributed by atoms with Gasteiger partial charge in [-0.1, -0.05) is 31.4 Å². The second kappa shape index (κ2) is 11.4. The predicted molar refractivity (Wildman–Crippen MR) is 154 cm³/mol. The zero-order chi connectivity index (χ0) is 29.6. The molecule has 2 saturated carbocycles. The standard InChI is InChI=1S/C30H42ClN5O5/c1-17-14-24(37)36(15-17)27-25-19(11-13-35(27)28(38)20-6-4-5-12-30(20,2)29(39)40)21(31)9-10-23(25)41-16-22(32)26(34(3)33)18-7-8-18/h9-10,17-18,20,27H,4-8,11-16,32-33H2,1-3H3,(H,39,40)/b26-22-/t17?,20?,27?,30-/m0/s1. The summed E-state index contributed by atoms with van der Waals surface area (Å²) in [6, 6.07) is 3.54. The van der Waals surface area contributed by atoms with Crippen molar-refractivity contribution in [3.05, 3.63) is 39.7 Å². The van der Waals surface area contributed by atoms with Gasteiger partial charge in [0.25, 0.3) is 0 Å². The second-order valence-electron chi connectivity index (χ2n) is 12.6. The highest BCUT2D eigenvalue weighted by Crippen LogP contribution is 2.48. The zero-order valence-electron chi connectivity index (χ0n) is 24.2. The number of carboxylic acids is 1. The summed E-state index contributed by atoms with van der Waals surface area (Å²) in [7, 11) is 1.76. The quantitative estimate of drug-likeness (QED) is 0.309. The highest BCUT2D eigenvalue weighted by Gasteiger charge is 2.51. The third-order valence-electron chi connectivity index (χ3n) is 9.40. The van der Waals surface area contributed by atoms with E-state index in [1.807, 2.05) is 6.92 Å². The molecule has 4 aliphatic rings. The van der Waals surface area contributed by atoms with Gasteiger partial charge in [0.15, 0.2) is 0 Å². The molecule has 5 rings (SSSR count). The number of fused-ring (bicyclic) bond motifs is 1. The van der Waals surface area contributed by atoms with E-state index in [9.17, 15) is 19.5 Å². The topological polar surface area (TPSA) is 142 Å². The van der Waals surface area contributed by atoms with E-state index in [4.69, 9.17) is 27.9 Å². The molecule has 0 bridgehead atoms. The van der Waals surface area contributed by atoms with E-state index in [2.05, 4.69) is 0 Å². The van der Waals surface area contributed by atoms with Crippen LogP contribution in [-0.2, 0) is 20.8 Å². The molecule has 2 aliphatic carbocycles. The van der Waals surface area contributed by atoms with Gasteiger partial charge in [0.1, 0.15) is 18.5 Å². The van der Waals surface area contributed by atoms with Gasteiger partial charge in [-0.05, 0) is 62.6 Å². The number of allylic oxidation sites excluding steroid dienone is 1. The molecule has 1 aromatic carbocycles. The van der Waals surface area contributed by atoms with Gasteiger partial charge in [-0.3, -0.25) is 14.4 Å². The van der Waals surface area contributed by atoms with Crippen molar-refractivity contribution in [2.75, 3.05) is 26.7 Å². The van der Waals surface area contributed by atoms with Crippen LogP contribution in [0.15, 0.2) is 23.5 Å². The number of halogens is 1. The van der Waals surface area contributed by atoms with Crippen LogP contribution in [0.2, 0.25) is 5.02 Å². The molecule has 2 amide bonds. The maximum Gasteiger partial charge on any atom is 0.310 e. The Labute approximate surface area is 246 Å². The van der Waals surface area contributed by atoms with E-state index in [0.29, 0.717) is 66.7 Å². The molecule has 10 nitrogen and oxygen atoms in total. The number of nitrogens with zero attached hydrogens (tertiary/aromatic N) is 3. The number of rotatable bonds is 8. The van der Waals surface area contributed by atoms with Crippen molar-refractivity contribution in [1.82, 2.24) is 14.8 Å². The van der Waals surface area contributed by atoms with Gasteiger partial charge in [0, 0.05) is 43.1 Å². The molecule has 3 fully saturated rings. The van der Waals surface area contributed by atoms with Gasteiger partial charge in [0.05, 0.1) is 22.7 Å². The van der Waals surface area contributed by atoms with Crippen LogP contribution in [0.1, 0.15) is 76.1 Å². The lowest BCUT2D eigenvalue weighted by atomic mass is 9.66. The lowest BCUT2D eigenvalue weighted by Crippen LogP contribution is -2.54. The highest BCUT2D eigenvalue weighted by molar-refractivity contribution is 6.31. The van der Waals surface area contributed by atoms with E-state index in [1.165, 1.54) is 0 Å². The van der Waals surface area contributed by atoms with Crippen LogP contribution in [-0.4, -0.2) is 64.4 Å². The summed E-state index contributed by atoms with van der Waals surface area (Å²) in [6.45, 7) is 4.59. The fourth-order valence-corrected chi connectivity index (χ4v) is 7.31. The number of benzene rings is 1. The summed E-state index contributed by atoms with van der Waals surface area (Å²) in [5.41, 5.74) is 8.20. The van der Waals surface area contributed by atoms with Crippen LogP contribution in [0.4, 0.5) is 0 Å². The molecule has 11 heteroatoms. The summed E-state index contributed by atoms with van der Waals surface area (Å²) in [5, 5.41) is 12.2. The highest BCUT2D eigenvalue weighted by atomic mass is 35.5. The third kappa shape index (κ3) is 5.48. The number of carbonyl (C=O) groups excluding carboxylic acids is 2. The van der Waals surface area contributed by atoms with Crippen LogP contribution in [0.25, 0.3) is 0 Å². The maximum atomic E-state index is 14.4. The molecule has 1 saturated heterocycles. The fraction of sp³-hybridized carbons (Fsp3) is 0.633. The van der Waals surface area contributed by atoms with Crippen molar-refractivity contribution >= 4 is 29.4 Å². The lowest BCUT2D eigenvalue weighted by molar-refractivity contribution is -0.165. The minimum absolute atomic E-state index is 0.0519. The monoisotopic (exact) mass is 587 g/mol. The number of carbonyl (C=O) groups is 3. The number of hydrazine groups is 1. The molecule has 2 heterocycles. The van der Waals surface area contributed by atoms with Gasteiger partial charge >= 0.3 is 5.97 Å². The average molecular weight is 588 g/mol. The number of amides is 2. The van der Waals surface area contributed by atoms with Crippen molar-refractivity contribution < 1.29 is 24.2 Å².